The summed E-state index contributed by atoms with van der Waals surface area (Å²) < 4.78 is 0. The molecule has 0 aromatic rings. The van der Waals surface area contributed by atoms with Crippen LogP contribution in [-0.4, -0.2) is 29.5 Å². The van der Waals surface area contributed by atoms with E-state index in [-0.39, 0.29) is 16.9 Å². The summed E-state index contributed by atoms with van der Waals surface area (Å²) in [5, 5.41) is 2.15. The number of fused-ring (bicyclic) bond motifs is 3. The van der Waals surface area contributed by atoms with Gasteiger partial charge in [0.2, 0.25) is 0 Å². The van der Waals surface area contributed by atoms with Crippen LogP contribution in [0.3, 0.4) is 0 Å². The van der Waals surface area contributed by atoms with Crippen molar-refractivity contribution in [2.24, 2.45) is 16.7 Å². The normalized spacial score (nSPS) is 59.9. The molecule has 2 bridgehead atoms. The zero-order chi connectivity index (χ0) is 12.0. The third-order valence-electron chi connectivity index (χ3n) is 6.58. The van der Waals surface area contributed by atoms with Gasteiger partial charge in [0.05, 0.1) is 17.6 Å². The van der Waals surface area contributed by atoms with Crippen molar-refractivity contribution < 1.29 is 9.63 Å². The maximum atomic E-state index is 12.9. The maximum Gasteiger partial charge on any atom is 0.144 e. The van der Waals surface area contributed by atoms with Crippen LogP contribution in [0.4, 0.5) is 0 Å². The molecule has 3 aliphatic carbocycles. The van der Waals surface area contributed by atoms with Gasteiger partial charge in [0.1, 0.15) is 5.78 Å². The van der Waals surface area contributed by atoms with Crippen LogP contribution in [0.15, 0.2) is 12.2 Å². The van der Waals surface area contributed by atoms with Gasteiger partial charge in [-0.05, 0) is 38.0 Å². The minimum Gasteiger partial charge on any atom is -0.299 e. The van der Waals surface area contributed by atoms with Crippen molar-refractivity contribution in [2.75, 3.05) is 6.54 Å². The first kappa shape index (κ1) is 10.2. The van der Waals surface area contributed by atoms with Gasteiger partial charge in [-0.2, -0.15) is 5.06 Å². The van der Waals surface area contributed by atoms with Crippen LogP contribution < -0.4 is 0 Å². The molecule has 0 radical (unpaired) electrons. The van der Waals surface area contributed by atoms with Crippen molar-refractivity contribution in [3.05, 3.63) is 12.2 Å². The largest absolute Gasteiger partial charge is 0.299 e. The molecule has 6 atom stereocenters. The van der Waals surface area contributed by atoms with Gasteiger partial charge in [0.25, 0.3) is 0 Å². The first-order valence-electron chi connectivity index (χ1n) is 7.43. The molecule has 0 amide bonds. The number of carbonyl (C=O) groups is 1. The Labute approximate surface area is 107 Å². The SMILES string of the molecule is O=C1C[C@@H]2CCC=C[C@@]23CC[C@@H]2N4CCC(O4)[C@@]123. The summed E-state index contributed by atoms with van der Waals surface area (Å²) in [6, 6.07) is 0.386. The Morgan fingerprint density at radius 3 is 3.22 bits per heavy atom. The molecule has 5 aliphatic rings. The molecule has 3 heteroatoms. The summed E-state index contributed by atoms with van der Waals surface area (Å²) in [7, 11) is 0. The number of carbonyl (C=O) groups excluding carboxylic acids is 1. The summed E-state index contributed by atoms with van der Waals surface area (Å²) in [6.07, 6.45) is 11.6. The molecule has 2 saturated heterocycles. The van der Waals surface area contributed by atoms with E-state index in [1.165, 1.54) is 12.8 Å². The van der Waals surface area contributed by atoms with Crippen LogP contribution in [0.25, 0.3) is 0 Å². The smallest absolute Gasteiger partial charge is 0.144 e. The Morgan fingerprint density at radius 1 is 1.33 bits per heavy atom. The molecule has 96 valence electrons. The van der Waals surface area contributed by atoms with Gasteiger partial charge in [0.15, 0.2) is 0 Å². The van der Waals surface area contributed by atoms with Gasteiger partial charge in [-0.3, -0.25) is 9.63 Å². The van der Waals surface area contributed by atoms with Gasteiger partial charge in [-0.15, -0.1) is 0 Å². The Bertz CT molecular complexity index is 473. The summed E-state index contributed by atoms with van der Waals surface area (Å²) >= 11 is 0. The molecule has 2 aliphatic heterocycles. The molecule has 2 heterocycles. The Kier molecular flexibility index (Phi) is 1.64. The summed E-state index contributed by atoms with van der Waals surface area (Å²) in [5.41, 5.74) is -0.000324. The van der Waals surface area contributed by atoms with Crippen LogP contribution in [0.1, 0.15) is 38.5 Å². The van der Waals surface area contributed by atoms with Gasteiger partial charge < -0.3 is 0 Å². The molecule has 2 spiro atoms. The highest BCUT2D eigenvalue weighted by molar-refractivity contribution is 5.92. The average Bonchev–Trinajstić information content (AvgIpc) is 3.06. The van der Waals surface area contributed by atoms with Crippen molar-refractivity contribution >= 4 is 5.78 Å². The highest BCUT2D eigenvalue weighted by Crippen LogP contribution is 2.72. The second-order valence-electron chi connectivity index (χ2n) is 6.79. The zero-order valence-electron chi connectivity index (χ0n) is 10.6. The first-order valence-corrected chi connectivity index (χ1v) is 7.43. The first-order chi connectivity index (χ1) is 8.79. The number of nitrogens with zero attached hydrogens (tertiary/aromatic N) is 1. The van der Waals surface area contributed by atoms with E-state index in [9.17, 15) is 4.79 Å². The number of hydrogen-bond donors (Lipinski definition) is 0. The lowest BCUT2D eigenvalue weighted by Crippen LogP contribution is -2.54. The molecule has 0 aromatic carbocycles. The lowest BCUT2D eigenvalue weighted by Gasteiger charge is -2.45. The number of allylic oxidation sites excluding steroid dienone is 2. The highest BCUT2D eigenvalue weighted by atomic mass is 16.7. The fraction of sp³-hybridized carbons (Fsp3) is 0.800. The number of hydroxylamine groups is 2. The van der Waals surface area contributed by atoms with E-state index >= 15 is 0 Å². The standard InChI is InChI=1S/C15H19NO2/c17-12-9-10-3-1-2-6-14(10)7-4-11-15(12,14)13-5-8-16(11)18-13/h2,6,10-11,13H,1,3-5,7-9H2/t10-,11-,13?,14+,15-/m0/s1. The van der Waals surface area contributed by atoms with Crippen LogP contribution in [0.2, 0.25) is 0 Å². The zero-order valence-corrected chi connectivity index (χ0v) is 10.6. The van der Waals surface area contributed by atoms with E-state index in [0.29, 0.717) is 17.7 Å². The molecule has 18 heavy (non-hydrogen) atoms. The third kappa shape index (κ3) is 0.785. The predicted molar refractivity (Wildman–Crippen MR) is 65.6 cm³/mol. The highest BCUT2D eigenvalue weighted by Gasteiger charge is 2.78. The minimum absolute atomic E-state index is 0.160. The number of Topliss-reactive ketones (excluding diaryl/α,β-unsaturated/α-hetero) is 1. The van der Waals surface area contributed by atoms with Gasteiger partial charge >= 0.3 is 0 Å². The monoisotopic (exact) mass is 245 g/mol. The lowest BCUT2D eigenvalue weighted by atomic mass is 9.57. The van der Waals surface area contributed by atoms with E-state index < -0.39 is 0 Å². The van der Waals surface area contributed by atoms with Gasteiger partial charge in [0, 0.05) is 18.4 Å². The summed E-state index contributed by atoms with van der Waals surface area (Å²) in [4.78, 5) is 18.9. The van der Waals surface area contributed by atoms with Crippen molar-refractivity contribution in [2.45, 2.75) is 50.7 Å². The summed E-state index contributed by atoms with van der Waals surface area (Å²) in [5.74, 6) is 1.12. The number of hydrogen-bond acceptors (Lipinski definition) is 3. The number of rotatable bonds is 0. The average molecular weight is 245 g/mol. The second-order valence-corrected chi connectivity index (χ2v) is 6.79. The molecule has 4 fully saturated rings. The fourth-order valence-corrected chi connectivity index (χ4v) is 6.11. The molecule has 5 rings (SSSR count). The van der Waals surface area contributed by atoms with E-state index in [4.69, 9.17) is 4.84 Å². The van der Waals surface area contributed by atoms with Crippen molar-refractivity contribution in [1.82, 2.24) is 5.06 Å². The molecular formula is C15H19NO2. The number of ketones is 1. The quantitative estimate of drug-likeness (QED) is 0.612. The van der Waals surface area contributed by atoms with Crippen molar-refractivity contribution in [3.8, 4) is 0 Å². The van der Waals surface area contributed by atoms with E-state index in [1.807, 2.05) is 0 Å². The summed E-state index contributed by atoms with van der Waals surface area (Å²) in [6.45, 7) is 1.04. The van der Waals surface area contributed by atoms with Crippen LogP contribution in [0.5, 0.6) is 0 Å². The van der Waals surface area contributed by atoms with Gasteiger partial charge in [-0.25, -0.2) is 0 Å². The molecule has 3 nitrogen and oxygen atoms in total. The Hall–Kier alpha value is -0.670. The van der Waals surface area contributed by atoms with Crippen molar-refractivity contribution in [3.63, 3.8) is 0 Å². The van der Waals surface area contributed by atoms with Crippen LogP contribution in [0, 0.1) is 16.7 Å². The van der Waals surface area contributed by atoms with Crippen LogP contribution in [-0.2, 0) is 9.63 Å². The fourth-order valence-electron chi connectivity index (χ4n) is 6.11. The Balaban J connectivity index is 1.77. The van der Waals surface area contributed by atoms with E-state index in [2.05, 4.69) is 17.2 Å². The minimum atomic E-state index is -0.160. The predicted octanol–water partition coefficient (Wildman–Crippen LogP) is 2.08. The second kappa shape index (κ2) is 2.91. The number of piperidine rings is 1. The van der Waals surface area contributed by atoms with E-state index in [0.717, 1.165) is 32.2 Å². The molecule has 0 aromatic heterocycles. The maximum absolute atomic E-state index is 12.9. The molecule has 0 N–H and O–H groups in total. The van der Waals surface area contributed by atoms with E-state index in [1.54, 1.807) is 0 Å². The Morgan fingerprint density at radius 2 is 2.28 bits per heavy atom. The lowest BCUT2D eigenvalue weighted by molar-refractivity contribution is -0.132. The molecular weight excluding hydrogens is 226 g/mol. The van der Waals surface area contributed by atoms with Gasteiger partial charge in [-0.1, -0.05) is 12.2 Å². The van der Waals surface area contributed by atoms with Crippen molar-refractivity contribution in [1.29, 1.82) is 0 Å². The molecule has 2 unspecified atom stereocenters. The molecule has 2 saturated carbocycles. The van der Waals surface area contributed by atoms with Crippen LogP contribution >= 0.6 is 0 Å². The third-order valence-corrected chi connectivity index (χ3v) is 6.58. The topological polar surface area (TPSA) is 29.5 Å².